The van der Waals surface area contributed by atoms with Gasteiger partial charge in [-0.05, 0) is 61.1 Å². The van der Waals surface area contributed by atoms with Crippen molar-refractivity contribution in [1.29, 1.82) is 0 Å². The number of carbonyl (C=O) groups excluding carboxylic acids is 2. The first-order chi connectivity index (χ1) is 17.7. The van der Waals surface area contributed by atoms with Crippen LogP contribution in [-0.2, 0) is 13.1 Å². The zero-order valence-corrected chi connectivity index (χ0v) is 26.7. The Kier molecular flexibility index (Phi) is 19.7. The number of amides is 3. The molecule has 12 heteroatoms. The van der Waals surface area contributed by atoms with Gasteiger partial charge in [-0.15, -0.1) is 12.4 Å². The number of carbonyl (C=O) groups is 2. The summed E-state index contributed by atoms with van der Waals surface area (Å²) in [7, 11) is 4.12. The molecule has 0 saturated carbocycles. The average molecular weight is 713 g/mol. The second-order valence-electron chi connectivity index (χ2n) is 8.95. The highest BCUT2D eigenvalue weighted by atomic mass is 79.9. The van der Waals surface area contributed by atoms with Crippen LogP contribution in [-0.4, -0.2) is 97.5 Å². The fourth-order valence-corrected chi connectivity index (χ4v) is 4.20. The van der Waals surface area contributed by atoms with E-state index in [4.69, 9.17) is 17.3 Å². The van der Waals surface area contributed by atoms with Crippen molar-refractivity contribution in [2.24, 2.45) is 5.73 Å². The van der Waals surface area contributed by atoms with Crippen LogP contribution in [0.3, 0.4) is 0 Å². The van der Waals surface area contributed by atoms with Gasteiger partial charge < -0.3 is 30.7 Å². The number of nitrogens with one attached hydrogen (secondary N) is 1. The Hall–Kier alpha value is -1.40. The number of likely N-dealkylation sites (N-methyl/N-ethyl adjacent to an activating group) is 2. The minimum absolute atomic E-state index is 0. The molecule has 220 valence electrons. The molecule has 0 unspecified atom stereocenters. The summed E-state index contributed by atoms with van der Waals surface area (Å²) in [6, 6.07) is 16.0. The number of benzene rings is 2. The summed E-state index contributed by atoms with van der Waals surface area (Å²) in [5, 5.41) is 2.63. The highest BCUT2D eigenvalue weighted by Crippen LogP contribution is 2.11. The van der Waals surface area contributed by atoms with E-state index >= 15 is 0 Å². The van der Waals surface area contributed by atoms with Crippen LogP contribution in [0.4, 0.5) is 9.59 Å². The molecular weight excluding hydrogens is 671 g/mol. The molecule has 2 aliphatic heterocycles. The predicted octanol–water partition coefficient (Wildman–Crippen LogP) is 5.46. The van der Waals surface area contributed by atoms with E-state index < -0.39 is 0 Å². The molecular formula is C27H42Br2Cl2N6O2. The molecule has 2 aliphatic rings. The molecule has 2 saturated heterocycles. The van der Waals surface area contributed by atoms with E-state index in [1.54, 1.807) is 4.90 Å². The Balaban J connectivity index is 0.000000589. The van der Waals surface area contributed by atoms with Crippen LogP contribution in [0.5, 0.6) is 0 Å². The Bertz CT molecular complexity index is 954. The smallest absolute Gasteiger partial charge is 0.317 e. The molecule has 3 N–H and O–H groups in total. The van der Waals surface area contributed by atoms with Crippen LogP contribution < -0.4 is 11.1 Å². The topological polar surface area (TPSA) is 85.2 Å². The second-order valence-corrected chi connectivity index (χ2v) is 11.1. The van der Waals surface area contributed by atoms with Gasteiger partial charge in [-0.2, -0.15) is 0 Å². The van der Waals surface area contributed by atoms with Gasteiger partial charge in [0.25, 0.3) is 0 Å². The molecule has 2 aromatic carbocycles. The molecule has 39 heavy (non-hydrogen) atoms. The van der Waals surface area contributed by atoms with Crippen molar-refractivity contribution < 1.29 is 9.59 Å². The Morgan fingerprint density at radius 1 is 0.769 bits per heavy atom. The number of nitrogens with zero attached hydrogens (tertiary/aromatic N) is 4. The maximum atomic E-state index is 11.9. The standard InChI is InChI=1S/C13H18BrN3O.C7H8BrN.C6H11ClN2O.CH4.ClH/c1-16-6-8-17(9-7-16)13(18)15-10-11-2-4-12(14)5-3-11;8-7-3-1-6(5-9)2-4-7;1-8-2-4-9(5-3-8)6(7)10;;/h2-5H,6-10H2,1H3,(H,15,18);1-4H,5,9H2;2-5H2,1H3;1H4;1H. The number of hydrogen-bond donors (Lipinski definition) is 2. The Labute approximate surface area is 261 Å². The van der Waals surface area contributed by atoms with Gasteiger partial charge in [0, 0.05) is 74.4 Å². The quantitative estimate of drug-likeness (QED) is 0.326. The molecule has 4 rings (SSSR count). The van der Waals surface area contributed by atoms with Gasteiger partial charge in [0.1, 0.15) is 0 Å². The zero-order chi connectivity index (χ0) is 27.2. The Morgan fingerprint density at radius 2 is 1.15 bits per heavy atom. The molecule has 8 nitrogen and oxygen atoms in total. The van der Waals surface area contributed by atoms with Crippen LogP contribution in [0, 0.1) is 0 Å². The zero-order valence-electron chi connectivity index (χ0n) is 21.9. The van der Waals surface area contributed by atoms with E-state index in [1.165, 1.54) is 5.56 Å². The van der Waals surface area contributed by atoms with Gasteiger partial charge in [-0.3, -0.25) is 4.79 Å². The third-order valence-electron chi connectivity index (χ3n) is 6.05. The van der Waals surface area contributed by atoms with Gasteiger partial charge >= 0.3 is 11.4 Å². The molecule has 0 aromatic heterocycles. The highest BCUT2D eigenvalue weighted by molar-refractivity contribution is 9.10. The number of hydrogen-bond acceptors (Lipinski definition) is 5. The first-order valence-electron chi connectivity index (χ1n) is 12.2. The molecule has 0 spiro atoms. The lowest BCUT2D eigenvalue weighted by Crippen LogP contribution is -2.50. The maximum absolute atomic E-state index is 11.9. The normalized spacial score (nSPS) is 15.3. The van der Waals surface area contributed by atoms with Crippen LogP contribution in [0.1, 0.15) is 18.6 Å². The van der Waals surface area contributed by atoms with Crippen molar-refractivity contribution in [3.8, 4) is 0 Å². The largest absolute Gasteiger partial charge is 0.334 e. The summed E-state index contributed by atoms with van der Waals surface area (Å²) < 4.78 is 2.15. The number of urea groups is 1. The monoisotopic (exact) mass is 710 g/mol. The van der Waals surface area contributed by atoms with E-state index in [0.29, 0.717) is 13.1 Å². The van der Waals surface area contributed by atoms with Crippen molar-refractivity contribution in [1.82, 2.24) is 24.9 Å². The minimum atomic E-state index is -0.326. The molecule has 2 heterocycles. The van der Waals surface area contributed by atoms with Gasteiger partial charge in [-0.25, -0.2) is 4.79 Å². The van der Waals surface area contributed by atoms with E-state index in [0.717, 1.165) is 66.9 Å². The first-order valence-corrected chi connectivity index (χ1v) is 14.2. The van der Waals surface area contributed by atoms with Crippen LogP contribution in [0.25, 0.3) is 0 Å². The van der Waals surface area contributed by atoms with Crippen molar-refractivity contribution in [2.75, 3.05) is 66.5 Å². The fraction of sp³-hybridized carbons (Fsp3) is 0.481. The molecule has 0 bridgehead atoms. The van der Waals surface area contributed by atoms with Crippen LogP contribution in [0.15, 0.2) is 57.5 Å². The van der Waals surface area contributed by atoms with Gasteiger partial charge in [0.2, 0.25) is 0 Å². The number of halogens is 4. The molecule has 0 aliphatic carbocycles. The third-order valence-corrected chi connectivity index (χ3v) is 7.34. The summed E-state index contributed by atoms with van der Waals surface area (Å²) in [5.41, 5.74) is 7.66. The predicted molar refractivity (Wildman–Crippen MR) is 172 cm³/mol. The average Bonchev–Trinajstić information content (AvgIpc) is 2.90. The molecule has 2 aromatic rings. The van der Waals surface area contributed by atoms with E-state index in [9.17, 15) is 9.59 Å². The van der Waals surface area contributed by atoms with Crippen molar-refractivity contribution in [3.63, 3.8) is 0 Å². The molecule has 3 amide bonds. The fourth-order valence-electron chi connectivity index (χ4n) is 3.50. The SMILES string of the molecule is C.CN1CCN(C(=O)Cl)CC1.CN1CCN(C(=O)NCc2ccc(Br)cc2)CC1.Cl.NCc1ccc(Br)cc1. The van der Waals surface area contributed by atoms with Crippen LogP contribution >= 0.6 is 55.9 Å². The third kappa shape index (κ3) is 15.3. The molecule has 2 fully saturated rings. The number of rotatable bonds is 3. The van der Waals surface area contributed by atoms with E-state index in [1.807, 2.05) is 60.5 Å². The van der Waals surface area contributed by atoms with Crippen LogP contribution in [0.2, 0.25) is 0 Å². The lowest BCUT2D eigenvalue weighted by Gasteiger charge is -2.32. The van der Waals surface area contributed by atoms with Gasteiger partial charge in [-0.1, -0.05) is 63.6 Å². The minimum Gasteiger partial charge on any atom is -0.334 e. The number of nitrogens with two attached hydrogens (primary N) is 1. The lowest BCUT2D eigenvalue weighted by atomic mass is 10.2. The summed E-state index contributed by atoms with van der Waals surface area (Å²) in [6.45, 7) is 8.10. The number of piperazine rings is 2. The van der Waals surface area contributed by atoms with E-state index in [-0.39, 0.29) is 31.2 Å². The van der Waals surface area contributed by atoms with Crippen molar-refractivity contribution in [2.45, 2.75) is 20.5 Å². The second kappa shape index (κ2) is 20.5. The summed E-state index contributed by atoms with van der Waals surface area (Å²) in [4.78, 5) is 30.5. The highest BCUT2D eigenvalue weighted by Gasteiger charge is 2.18. The molecule has 0 atom stereocenters. The lowest BCUT2D eigenvalue weighted by molar-refractivity contribution is 0.154. The summed E-state index contributed by atoms with van der Waals surface area (Å²) >= 11 is 12.0. The van der Waals surface area contributed by atoms with Crippen molar-refractivity contribution in [3.05, 3.63) is 68.6 Å². The maximum Gasteiger partial charge on any atom is 0.317 e. The van der Waals surface area contributed by atoms with Crippen molar-refractivity contribution >= 4 is 67.3 Å². The summed E-state index contributed by atoms with van der Waals surface area (Å²) in [6.07, 6.45) is 0. The first kappa shape index (κ1) is 37.6. The Morgan fingerprint density at radius 3 is 1.54 bits per heavy atom. The van der Waals surface area contributed by atoms with E-state index in [2.05, 4.69) is 54.0 Å². The molecule has 0 radical (unpaired) electrons. The van der Waals surface area contributed by atoms with Gasteiger partial charge in [0.05, 0.1) is 0 Å². The van der Waals surface area contributed by atoms with Gasteiger partial charge in [0.15, 0.2) is 0 Å². The summed E-state index contributed by atoms with van der Waals surface area (Å²) in [5.74, 6) is 0.